The van der Waals surface area contributed by atoms with Crippen LogP contribution in [0, 0.1) is 6.92 Å². The lowest BCUT2D eigenvalue weighted by Crippen LogP contribution is -2.43. The van der Waals surface area contributed by atoms with Crippen molar-refractivity contribution in [2.45, 2.75) is 19.6 Å². The monoisotopic (exact) mass is 379 g/mol. The van der Waals surface area contributed by atoms with E-state index in [4.69, 9.17) is 9.26 Å². The number of fused-ring (bicyclic) bond motifs is 1. The van der Waals surface area contributed by atoms with E-state index in [0.29, 0.717) is 18.8 Å². The largest absolute Gasteiger partial charge is 0.460 e. The predicted molar refractivity (Wildman–Crippen MR) is 96.9 cm³/mol. The van der Waals surface area contributed by atoms with E-state index in [-0.39, 0.29) is 23.8 Å². The molecule has 1 aliphatic rings. The van der Waals surface area contributed by atoms with Crippen molar-refractivity contribution in [2.75, 3.05) is 35.9 Å². The van der Waals surface area contributed by atoms with Crippen molar-refractivity contribution in [3.05, 3.63) is 41.3 Å². The molecular weight excluding hydrogens is 358 g/mol. The molecule has 26 heavy (non-hydrogen) atoms. The highest BCUT2D eigenvalue weighted by molar-refractivity contribution is 7.92. The van der Waals surface area contributed by atoms with Gasteiger partial charge in [-0.05, 0) is 31.5 Å². The summed E-state index contributed by atoms with van der Waals surface area (Å²) in [4.78, 5) is 13.7. The number of benzene rings is 1. The molecule has 0 unspecified atom stereocenters. The third kappa shape index (κ3) is 3.52. The number of hydrogen-bond acceptors (Lipinski definition) is 7. The van der Waals surface area contributed by atoms with E-state index in [2.05, 4.69) is 5.16 Å². The molecule has 0 aliphatic carbocycles. The Kier molecular flexibility index (Phi) is 4.90. The second-order valence-corrected chi connectivity index (χ2v) is 8.04. The second-order valence-electron chi connectivity index (χ2n) is 6.15. The highest BCUT2D eigenvalue weighted by Crippen LogP contribution is 2.35. The number of likely N-dealkylation sites (N-methyl/N-ethyl adjacent to an activating group) is 1. The summed E-state index contributed by atoms with van der Waals surface area (Å²) < 4.78 is 37.0. The van der Waals surface area contributed by atoms with Crippen molar-refractivity contribution in [3.63, 3.8) is 0 Å². The maximum absolute atomic E-state index is 12.9. The molecule has 0 fully saturated rings. The zero-order chi connectivity index (χ0) is 18.9. The standard InChI is InChI=1S/C17H21N3O5S/c1-4-24-17(21)16-10-13(18-25-16)11-26(22,23)20-8-7-19(3)15-9-12(2)5-6-14(15)20/h5-6,9-10H,4,7-8,11H2,1-3H3. The van der Waals surface area contributed by atoms with Crippen LogP contribution in [0.25, 0.3) is 0 Å². The summed E-state index contributed by atoms with van der Waals surface area (Å²) in [6, 6.07) is 6.97. The third-order valence-corrected chi connectivity index (χ3v) is 5.86. The Bertz CT molecular complexity index is 922. The van der Waals surface area contributed by atoms with Gasteiger partial charge in [-0.1, -0.05) is 11.2 Å². The average molecular weight is 379 g/mol. The van der Waals surface area contributed by atoms with Crippen molar-refractivity contribution >= 4 is 27.4 Å². The van der Waals surface area contributed by atoms with E-state index in [1.165, 1.54) is 10.4 Å². The van der Waals surface area contributed by atoms with Gasteiger partial charge in [-0.15, -0.1) is 0 Å². The summed E-state index contributed by atoms with van der Waals surface area (Å²) in [6.07, 6.45) is 0. The predicted octanol–water partition coefficient (Wildman–Crippen LogP) is 1.95. The van der Waals surface area contributed by atoms with Crippen molar-refractivity contribution in [1.29, 1.82) is 0 Å². The molecule has 0 N–H and O–H groups in total. The van der Waals surface area contributed by atoms with Crippen molar-refractivity contribution < 1.29 is 22.5 Å². The van der Waals surface area contributed by atoms with E-state index < -0.39 is 16.0 Å². The summed E-state index contributed by atoms with van der Waals surface area (Å²) in [5, 5.41) is 3.69. The van der Waals surface area contributed by atoms with Crippen LogP contribution >= 0.6 is 0 Å². The lowest BCUT2D eigenvalue weighted by molar-refractivity contribution is 0.0479. The number of sulfonamides is 1. The van der Waals surface area contributed by atoms with Gasteiger partial charge < -0.3 is 14.2 Å². The first-order valence-corrected chi connectivity index (χ1v) is 9.87. The smallest absolute Gasteiger partial charge is 0.377 e. The number of esters is 1. The van der Waals surface area contributed by atoms with Gasteiger partial charge in [0.1, 0.15) is 11.4 Å². The fourth-order valence-electron chi connectivity index (χ4n) is 2.86. The normalized spacial score (nSPS) is 14.3. The lowest BCUT2D eigenvalue weighted by Gasteiger charge is -2.36. The Morgan fingerprint density at radius 1 is 1.27 bits per heavy atom. The van der Waals surface area contributed by atoms with Crippen LogP contribution in [0.5, 0.6) is 0 Å². The molecule has 0 atom stereocenters. The van der Waals surface area contributed by atoms with Gasteiger partial charge in [0, 0.05) is 19.7 Å². The van der Waals surface area contributed by atoms with Crippen LogP contribution in [0.4, 0.5) is 11.4 Å². The van der Waals surface area contributed by atoms with Gasteiger partial charge in [0.2, 0.25) is 15.8 Å². The van der Waals surface area contributed by atoms with Crippen LogP contribution in [0.15, 0.2) is 28.8 Å². The molecule has 0 amide bonds. The van der Waals surface area contributed by atoms with E-state index in [9.17, 15) is 13.2 Å². The molecule has 1 aromatic carbocycles. The number of carbonyl (C=O) groups excluding carboxylic acids is 1. The van der Waals surface area contributed by atoms with E-state index in [1.54, 1.807) is 6.92 Å². The summed E-state index contributed by atoms with van der Waals surface area (Å²) in [7, 11) is -1.74. The SMILES string of the molecule is CCOC(=O)c1cc(CS(=O)(=O)N2CCN(C)c3cc(C)ccc32)no1. The number of aromatic nitrogens is 1. The maximum atomic E-state index is 12.9. The van der Waals surface area contributed by atoms with Crippen LogP contribution in [0.3, 0.4) is 0 Å². The number of rotatable bonds is 5. The maximum Gasteiger partial charge on any atom is 0.377 e. The highest BCUT2D eigenvalue weighted by atomic mass is 32.2. The molecule has 1 aliphatic heterocycles. The molecule has 0 spiro atoms. The molecule has 9 heteroatoms. The quantitative estimate of drug-likeness (QED) is 0.733. The Morgan fingerprint density at radius 2 is 2.04 bits per heavy atom. The minimum Gasteiger partial charge on any atom is -0.460 e. The van der Waals surface area contributed by atoms with E-state index in [1.807, 2.05) is 37.1 Å². The Labute approximate surface area is 152 Å². The first-order chi connectivity index (χ1) is 12.3. The third-order valence-electron chi connectivity index (χ3n) is 4.15. The van der Waals surface area contributed by atoms with Gasteiger partial charge in [0.15, 0.2) is 0 Å². The molecule has 1 aromatic heterocycles. The van der Waals surface area contributed by atoms with Crippen LogP contribution in [0.1, 0.15) is 28.7 Å². The van der Waals surface area contributed by atoms with Crippen molar-refractivity contribution in [2.24, 2.45) is 0 Å². The zero-order valence-electron chi connectivity index (χ0n) is 14.9. The molecule has 140 valence electrons. The summed E-state index contributed by atoms with van der Waals surface area (Å²) in [5.74, 6) is -1.12. The Hall–Kier alpha value is -2.55. The van der Waals surface area contributed by atoms with Crippen LogP contribution in [-0.4, -0.2) is 46.3 Å². The number of nitrogens with zero attached hydrogens (tertiary/aromatic N) is 3. The van der Waals surface area contributed by atoms with Gasteiger partial charge in [-0.3, -0.25) is 4.31 Å². The number of aryl methyl sites for hydroxylation is 1. The summed E-state index contributed by atoms with van der Waals surface area (Å²) >= 11 is 0. The fraction of sp³-hybridized carbons (Fsp3) is 0.412. The van der Waals surface area contributed by atoms with E-state index in [0.717, 1.165) is 11.3 Å². The molecule has 0 saturated heterocycles. The Balaban J connectivity index is 1.86. The van der Waals surface area contributed by atoms with Gasteiger partial charge in [-0.2, -0.15) is 0 Å². The number of anilines is 2. The van der Waals surface area contributed by atoms with Crippen molar-refractivity contribution in [3.8, 4) is 0 Å². The highest BCUT2D eigenvalue weighted by Gasteiger charge is 2.31. The first kappa shape index (κ1) is 18.2. The minimum absolute atomic E-state index is 0.105. The van der Waals surface area contributed by atoms with Gasteiger partial charge in [-0.25, -0.2) is 13.2 Å². The minimum atomic E-state index is -3.68. The molecule has 2 aromatic rings. The average Bonchev–Trinajstić information content (AvgIpc) is 3.03. The number of ether oxygens (including phenoxy) is 1. The topological polar surface area (TPSA) is 93.0 Å². The number of carbonyl (C=O) groups is 1. The van der Waals surface area contributed by atoms with Crippen LogP contribution in [0.2, 0.25) is 0 Å². The molecular formula is C17H21N3O5S. The van der Waals surface area contributed by atoms with Gasteiger partial charge in [0.25, 0.3) is 0 Å². The molecule has 8 nitrogen and oxygen atoms in total. The summed E-state index contributed by atoms with van der Waals surface area (Å²) in [5.41, 5.74) is 2.73. The lowest BCUT2D eigenvalue weighted by atomic mass is 10.1. The van der Waals surface area contributed by atoms with Crippen LogP contribution in [-0.2, 0) is 20.5 Å². The van der Waals surface area contributed by atoms with E-state index >= 15 is 0 Å². The fourth-order valence-corrected chi connectivity index (χ4v) is 4.34. The second kappa shape index (κ2) is 6.99. The molecule has 2 heterocycles. The molecule has 0 saturated carbocycles. The van der Waals surface area contributed by atoms with Crippen LogP contribution < -0.4 is 9.21 Å². The Morgan fingerprint density at radius 3 is 2.77 bits per heavy atom. The van der Waals surface area contributed by atoms with Gasteiger partial charge in [0.05, 0.1) is 24.5 Å². The zero-order valence-corrected chi connectivity index (χ0v) is 15.7. The summed E-state index contributed by atoms with van der Waals surface area (Å²) in [6.45, 7) is 4.77. The first-order valence-electron chi connectivity index (χ1n) is 8.26. The number of hydrogen-bond donors (Lipinski definition) is 0. The van der Waals surface area contributed by atoms with Gasteiger partial charge >= 0.3 is 5.97 Å². The molecule has 0 radical (unpaired) electrons. The molecule has 0 bridgehead atoms. The van der Waals surface area contributed by atoms with Crippen molar-refractivity contribution in [1.82, 2.24) is 5.16 Å². The molecule has 3 rings (SSSR count).